The van der Waals surface area contributed by atoms with Crippen LogP contribution in [0, 0.1) is 17.0 Å². The van der Waals surface area contributed by atoms with Gasteiger partial charge in [0.2, 0.25) is 0 Å². The highest BCUT2D eigenvalue weighted by Crippen LogP contribution is 2.17. The van der Waals surface area contributed by atoms with Crippen LogP contribution in [0.5, 0.6) is 0 Å². The minimum Gasteiger partial charge on any atom is -0.321 e. The summed E-state index contributed by atoms with van der Waals surface area (Å²) in [6, 6.07) is 16.4. The Kier molecular flexibility index (Phi) is 6.16. The molecule has 0 aliphatic carbocycles. The van der Waals surface area contributed by atoms with E-state index in [1.54, 1.807) is 41.8 Å². The third-order valence-corrected chi connectivity index (χ3v) is 4.77. The van der Waals surface area contributed by atoms with E-state index < -0.39 is 16.7 Å². The van der Waals surface area contributed by atoms with Crippen LogP contribution in [0.3, 0.4) is 0 Å². The van der Waals surface area contributed by atoms with Gasteiger partial charge in [-0.25, -0.2) is 0 Å². The Morgan fingerprint density at radius 2 is 1.86 bits per heavy atom. The van der Waals surface area contributed by atoms with Gasteiger partial charge in [-0.05, 0) is 47.7 Å². The van der Waals surface area contributed by atoms with Gasteiger partial charge in [0.25, 0.3) is 17.5 Å². The number of hydrogen-bond donors (Lipinski definition) is 2. The van der Waals surface area contributed by atoms with Crippen molar-refractivity contribution < 1.29 is 14.5 Å². The van der Waals surface area contributed by atoms with Gasteiger partial charge in [0.05, 0.1) is 9.80 Å². The predicted molar refractivity (Wildman–Crippen MR) is 113 cm³/mol. The Balaban J connectivity index is 1.92. The molecule has 2 amide bonds. The van der Waals surface area contributed by atoms with E-state index in [-0.39, 0.29) is 11.4 Å². The number of nitro benzene ring substituents is 1. The quantitative estimate of drug-likeness (QED) is 0.360. The Labute approximate surface area is 170 Å². The van der Waals surface area contributed by atoms with E-state index in [0.717, 1.165) is 5.56 Å². The molecule has 0 fully saturated rings. The Bertz CT molecular complexity index is 1090. The van der Waals surface area contributed by atoms with Gasteiger partial charge in [-0.15, -0.1) is 11.3 Å². The molecule has 7 nitrogen and oxygen atoms in total. The number of carbonyl (C=O) groups excluding carboxylic acids is 2. The zero-order valence-corrected chi connectivity index (χ0v) is 16.2. The summed E-state index contributed by atoms with van der Waals surface area (Å²) in [7, 11) is 0. The molecule has 29 heavy (non-hydrogen) atoms. The fourth-order valence-corrected chi connectivity index (χ4v) is 3.19. The SMILES string of the molecule is Cc1cccc(NC(=O)/C(=C\c2cccc([N+](=O)[O-])c2)NC(=O)c2cccs2)c1. The van der Waals surface area contributed by atoms with Gasteiger partial charge in [-0.1, -0.05) is 30.3 Å². The van der Waals surface area contributed by atoms with Gasteiger partial charge in [-0.2, -0.15) is 0 Å². The summed E-state index contributed by atoms with van der Waals surface area (Å²) in [4.78, 5) is 36.2. The van der Waals surface area contributed by atoms with Crippen molar-refractivity contribution >= 4 is 40.6 Å². The highest BCUT2D eigenvalue weighted by Gasteiger charge is 2.16. The molecule has 0 spiro atoms. The average Bonchev–Trinajstić information content (AvgIpc) is 3.22. The van der Waals surface area contributed by atoms with Gasteiger partial charge in [0.1, 0.15) is 5.70 Å². The second kappa shape index (κ2) is 8.94. The number of anilines is 1. The Morgan fingerprint density at radius 1 is 1.07 bits per heavy atom. The van der Waals surface area contributed by atoms with Crippen LogP contribution in [0.1, 0.15) is 20.8 Å². The average molecular weight is 407 g/mol. The van der Waals surface area contributed by atoms with E-state index in [2.05, 4.69) is 10.6 Å². The van der Waals surface area contributed by atoms with Gasteiger partial charge in [-0.3, -0.25) is 19.7 Å². The summed E-state index contributed by atoms with van der Waals surface area (Å²) in [6.07, 6.45) is 1.41. The van der Waals surface area contributed by atoms with E-state index in [4.69, 9.17) is 0 Å². The number of hydrogen-bond acceptors (Lipinski definition) is 5. The van der Waals surface area contributed by atoms with E-state index in [0.29, 0.717) is 16.1 Å². The van der Waals surface area contributed by atoms with Crippen LogP contribution in [0.2, 0.25) is 0 Å². The molecule has 0 aliphatic heterocycles. The van der Waals surface area contributed by atoms with Crippen LogP contribution in [0.4, 0.5) is 11.4 Å². The molecule has 0 radical (unpaired) electrons. The van der Waals surface area contributed by atoms with E-state index >= 15 is 0 Å². The standard InChI is InChI=1S/C21H17N3O4S/c1-14-5-2-7-16(11-14)22-20(25)18(23-21(26)19-9-4-10-29-19)13-15-6-3-8-17(12-15)24(27)28/h2-13H,1H3,(H,22,25)(H,23,26)/b18-13+. The Hall–Kier alpha value is -3.78. The molecular weight excluding hydrogens is 390 g/mol. The summed E-state index contributed by atoms with van der Waals surface area (Å²) in [5, 5.41) is 18.1. The van der Waals surface area contributed by atoms with Crippen molar-refractivity contribution in [2.45, 2.75) is 6.92 Å². The number of rotatable bonds is 6. The third kappa shape index (κ3) is 5.36. The summed E-state index contributed by atoms with van der Waals surface area (Å²) >= 11 is 1.24. The number of thiophene rings is 1. The number of amides is 2. The minimum atomic E-state index is -0.535. The normalized spacial score (nSPS) is 11.0. The molecule has 0 unspecified atom stereocenters. The van der Waals surface area contributed by atoms with Crippen LogP contribution < -0.4 is 10.6 Å². The lowest BCUT2D eigenvalue weighted by atomic mass is 10.1. The lowest BCUT2D eigenvalue weighted by Crippen LogP contribution is -2.30. The molecule has 146 valence electrons. The second-order valence-electron chi connectivity index (χ2n) is 6.17. The highest BCUT2D eigenvalue weighted by atomic mass is 32.1. The molecule has 3 aromatic rings. The topological polar surface area (TPSA) is 101 Å². The number of benzene rings is 2. The van der Waals surface area contributed by atoms with Crippen LogP contribution >= 0.6 is 11.3 Å². The number of carbonyl (C=O) groups is 2. The minimum absolute atomic E-state index is 0.0228. The van der Waals surface area contributed by atoms with Gasteiger partial charge >= 0.3 is 0 Å². The molecule has 8 heteroatoms. The second-order valence-corrected chi connectivity index (χ2v) is 7.11. The number of nitrogens with one attached hydrogen (secondary N) is 2. The number of nitrogens with zero attached hydrogens (tertiary/aromatic N) is 1. The molecule has 0 aliphatic rings. The molecule has 0 saturated heterocycles. The van der Waals surface area contributed by atoms with Crippen molar-refractivity contribution in [3.63, 3.8) is 0 Å². The lowest BCUT2D eigenvalue weighted by Gasteiger charge is -2.11. The molecule has 1 aromatic heterocycles. The highest BCUT2D eigenvalue weighted by molar-refractivity contribution is 7.12. The summed E-state index contributed by atoms with van der Waals surface area (Å²) in [5.41, 5.74) is 1.83. The van der Waals surface area contributed by atoms with Gasteiger partial charge in [0, 0.05) is 17.8 Å². The lowest BCUT2D eigenvalue weighted by molar-refractivity contribution is -0.384. The Morgan fingerprint density at radius 3 is 2.55 bits per heavy atom. The maximum Gasteiger partial charge on any atom is 0.272 e. The van der Waals surface area contributed by atoms with Crippen LogP contribution in [-0.4, -0.2) is 16.7 Å². The van der Waals surface area contributed by atoms with Crippen molar-refractivity contribution in [2.24, 2.45) is 0 Å². The summed E-state index contributed by atoms with van der Waals surface area (Å²) in [6.45, 7) is 1.90. The summed E-state index contributed by atoms with van der Waals surface area (Å²) < 4.78 is 0. The first-order valence-electron chi connectivity index (χ1n) is 8.61. The van der Waals surface area contributed by atoms with Crippen molar-refractivity contribution in [1.29, 1.82) is 0 Å². The number of aryl methyl sites for hydroxylation is 1. The molecular formula is C21H17N3O4S. The predicted octanol–water partition coefficient (Wildman–Crippen LogP) is 4.37. The number of non-ortho nitro benzene ring substituents is 1. The monoisotopic (exact) mass is 407 g/mol. The number of nitro groups is 1. The molecule has 3 rings (SSSR count). The van der Waals surface area contributed by atoms with E-state index in [1.165, 1.54) is 35.6 Å². The van der Waals surface area contributed by atoms with E-state index in [1.807, 2.05) is 13.0 Å². The molecule has 2 aromatic carbocycles. The maximum atomic E-state index is 12.8. The van der Waals surface area contributed by atoms with E-state index in [9.17, 15) is 19.7 Å². The van der Waals surface area contributed by atoms with Crippen LogP contribution in [-0.2, 0) is 4.79 Å². The van der Waals surface area contributed by atoms with Crippen LogP contribution in [0.15, 0.2) is 71.7 Å². The molecule has 0 atom stereocenters. The van der Waals surface area contributed by atoms with Crippen molar-refractivity contribution in [1.82, 2.24) is 5.32 Å². The van der Waals surface area contributed by atoms with Crippen molar-refractivity contribution in [3.05, 3.63) is 97.9 Å². The molecule has 0 saturated carbocycles. The third-order valence-electron chi connectivity index (χ3n) is 3.91. The fraction of sp³-hybridized carbons (Fsp3) is 0.0476. The summed E-state index contributed by atoms with van der Waals surface area (Å²) in [5.74, 6) is -0.969. The van der Waals surface area contributed by atoms with Crippen molar-refractivity contribution in [2.75, 3.05) is 5.32 Å². The first kappa shape index (κ1) is 20.0. The maximum absolute atomic E-state index is 12.8. The first-order valence-corrected chi connectivity index (χ1v) is 9.49. The zero-order chi connectivity index (χ0) is 20.8. The largest absolute Gasteiger partial charge is 0.321 e. The smallest absolute Gasteiger partial charge is 0.272 e. The molecule has 1 heterocycles. The molecule has 0 bridgehead atoms. The fourth-order valence-electron chi connectivity index (χ4n) is 2.57. The van der Waals surface area contributed by atoms with Crippen molar-refractivity contribution in [3.8, 4) is 0 Å². The first-order chi connectivity index (χ1) is 13.9. The van der Waals surface area contributed by atoms with Crippen LogP contribution in [0.25, 0.3) is 6.08 Å². The van der Waals surface area contributed by atoms with Gasteiger partial charge in [0.15, 0.2) is 0 Å². The van der Waals surface area contributed by atoms with Gasteiger partial charge < -0.3 is 10.6 Å². The molecule has 2 N–H and O–H groups in total. The zero-order valence-electron chi connectivity index (χ0n) is 15.4.